The summed E-state index contributed by atoms with van der Waals surface area (Å²) in [5.41, 5.74) is 2.35. The van der Waals surface area contributed by atoms with E-state index in [2.05, 4.69) is 39.8 Å². The highest BCUT2D eigenvalue weighted by atomic mass is 79.9. The Kier molecular flexibility index (Phi) is 5.79. The van der Waals surface area contributed by atoms with Gasteiger partial charge in [-0.1, -0.05) is 13.8 Å². The van der Waals surface area contributed by atoms with E-state index in [0.29, 0.717) is 5.88 Å². The first-order valence-electron chi connectivity index (χ1n) is 5.62. The third-order valence-electron chi connectivity index (χ3n) is 2.72. The van der Waals surface area contributed by atoms with Gasteiger partial charge >= 0.3 is 0 Å². The molecule has 1 aromatic heterocycles. The lowest BCUT2D eigenvalue weighted by atomic mass is 10.3. The minimum Gasteiger partial charge on any atom is -0.297 e. The Morgan fingerprint density at radius 2 is 2.12 bits per heavy atom. The van der Waals surface area contributed by atoms with E-state index in [-0.39, 0.29) is 0 Å². The van der Waals surface area contributed by atoms with Crippen LogP contribution in [-0.2, 0) is 20.0 Å². The number of hydrogen-bond acceptors (Lipinski definition) is 2. The normalized spacial score (nSPS) is 11.4. The Morgan fingerprint density at radius 1 is 1.44 bits per heavy atom. The second-order valence-electron chi connectivity index (χ2n) is 3.74. The minimum absolute atomic E-state index is 0.671. The smallest absolute Gasteiger partial charge is 0.0767 e. The van der Waals surface area contributed by atoms with E-state index in [1.54, 1.807) is 0 Å². The summed E-state index contributed by atoms with van der Waals surface area (Å²) in [5.74, 6) is 0.671. The van der Waals surface area contributed by atoms with Crippen molar-refractivity contribution in [2.75, 3.05) is 19.0 Å². The van der Waals surface area contributed by atoms with Crippen LogP contribution >= 0.6 is 27.5 Å². The second kappa shape index (κ2) is 6.62. The molecule has 0 aliphatic heterocycles. The Bertz CT molecular complexity index is 338. The molecule has 0 aromatic carbocycles. The summed E-state index contributed by atoms with van der Waals surface area (Å²) in [6.07, 6.45) is 0.954. The van der Waals surface area contributed by atoms with Crippen molar-refractivity contribution >= 4 is 27.5 Å². The van der Waals surface area contributed by atoms with Gasteiger partial charge in [-0.05, 0) is 28.9 Å². The van der Waals surface area contributed by atoms with Gasteiger partial charge in [0.2, 0.25) is 0 Å². The predicted octanol–water partition coefficient (Wildman–Crippen LogP) is 2.81. The van der Waals surface area contributed by atoms with Crippen LogP contribution in [-0.4, -0.2) is 33.6 Å². The maximum atomic E-state index is 5.78. The fraction of sp³-hybridized carbons (Fsp3) is 0.727. The van der Waals surface area contributed by atoms with Gasteiger partial charge < -0.3 is 0 Å². The van der Waals surface area contributed by atoms with Crippen molar-refractivity contribution in [1.82, 2.24) is 14.7 Å². The van der Waals surface area contributed by atoms with Crippen molar-refractivity contribution < 1.29 is 0 Å². The Balaban J connectivity index is 2.82. The number of aromatic nitrogens is 2. The summed E-state index contributed by atoms with van der Waals surface area (Å²) < 4.78 is 3.10. The molecule has 0 amide bonds. The van der Waals surface area contributed by atoms with E-state index >= 15 is 0 Å². The SMILES string of the molecule is CCc1nn(C)c(CN(CC)CCCl)c1Br. The summed E-state index contributed by atoms with van der Waals surface area (Å²) >= 11 is 9.41. The van der Waals surface area contributed by atoms with Crippen molar-refractivity contribution in [3.8, 4) is 0 Å². The summed E-state index contributed by atoms with van der Waals surface area (Å²) in [4.78, 5) is 2.31. The van der Waals surface area contributed by atoms with Crippen LogP contribution in [0.25, 0.3) is 0 Å². The number of aryl methyl sites for hydroxylation is 2. The van der Waals surface area contributed by atoms with Gasteiger partial charge in [-0.3, -0.25) is 9.58 Å². The molecular formula is C11H19BrClN3. The quantitative estimate of drug-likeness (QED) is 0.754. The fourth-order valence-corrected chi connectivity index (χ4v) is 2.65. The number of alkyl halides is 1. The maximum Gasteiger partial charge on any atom is 0.0767 e. The lowest BCUT2D eigenvalue weighted by Gasteiger charge is -2.19. The second-order valence-corrected chi connectivity index (χ2v) is 4.91. The maximum absolute atomic E-state index is 5.78. The summed E-state index contributed by atoms with van der Waals surface area (Å²) in [6, 6.07) is 0. The topological polar surface area (TPSA) is 21.1 Å². The van der Waals surface area contributed by atoms with Crippen molar-refractivity contribution in [2.24, 2.45) is 7.05 Å². The van der Waals surface area contributed by atoms with E-state index in [0.717, 1.165) is 36.2 Å². The molecule has 1 rings (SSSR count). The molecule has 0 saturated heterocycles. The Hall–Kier alpha value is -0.0600. The van der Waals surface area contributed by atoms with E-state index in [1.165, 1.54) is 5.69 Å². The monoisotopic (exact) mass is 307 g/mol. The summed E-state index contributed by atoms with van der Waals surface area (Å²) in [7, 11) is 1.99. The number of halogens is 2. The van der Waals surface area contributed by atoms with Gasteiger partial charge in [0.15, 0.2) is 0 Å². The van der Waals surface area contributed by atoms with E-state index < -0.39 is 0 Å². The zero-order valence-electron chi connectivity index (χ0n) is 10.1. The first kappa shape index (κ1) is 14.0. The highest BCUT2D eigenvalue weighted by molar-refractivity contribution is 9.10. The summed E-state index contributed by atoms with van der Waals surface area (Å²) in [6.45, 7) is 7.08. The Morgan fingerprint density at radius 3 is 2.56 bits per heavy atom. The van der Waals surface area contributed by atoms with Crippen LogP contribution in [0, 0.1) is 0 Å². The average Bonchev–Trinajstić information content (AvgIpc) is 2.55. The van der Waals surface area contributed by atoms with E-state index in [1.807, 2.05) is 11.7 Å². The highest BCUT2D eigenvalue weighted by Gasteiger charge is 2.14. The molecule has 0 N–H and O–H groups in total. The Labute approximate surface area is 111 Å². The molecule has 0 aliphatic rings. The molecule has 0 unspecified atom stereocenters. The molecule has 1 aromatic rings. The molecule has 0 radical (unpaired) electrons. The molecule has 0 fully saturated rings. The van der Waals surface area contributed by atoms with Gasteiger partial charge in [-0.25, -0.2) is 0 Å². The van der Waals surface area contributed by atoms with Gasteiger partial charge in [0.25, 0.3) is 0 Å². The highest BCUT2D eigenvalue weighted by Crippen LogP contribution is 2.22. The first-order valence-corrected chi connectivity index (χ1v) is 6.95. The van der Waals surface area contributed by atoms with Crippen LogP contribution in [0.15, 0.2) is 4.47 Å². The lowest BCUT2D eigenvalue weighted by molar-refractivity contribution is 0.288. The number of hydrogen-bond donors (Lipinski definition) is 0. The van der Waals surface area contributed by atoms with Gasteiger partial charge in [-0.2, -0.15) is 5.10 Å². The van der Waals surface area contributed by atoms with Crippen molar-refractivity contribution in [3.05, 3.63) is 15.9 Å². The molecule has 0 bridgehead atoms. The van der Waals surface area contributed by atoms with Gasteiger partial charge in [0.05, 0.1) is 15.9 Å². The summed E-state index contributed by atoms with van der Waals surface area (Å²) in [5, 5.41) is 4.49. The molecule has 0 saturated carbocycles. The third-order valence-corrected chi connectivity index (χ3v) is 3.81. The largest absolute Gasteiger partial charge is 0.297 e. The number of nitrogens with zero attached hydrogens (tertiary/aromatic N) is 3. The van der Waals surface area contributed by atoms with Crippen molar-refractivity contribution in [1.29, 1.82) is 0 Å². The molecule has 92 valence electrons. The average molecular weight is 309 g/mol. The van der Waals surface area contributed by atoms with Crippen LogP contribution in [0.1, 0.15) is 25.2 Å². The molecule has 0 spiro atoms. The van der Waals surface area contributed by atoms with E-state index in [9.17, 15) is 0 Å². The van der Waals surface area contributed by atoms with Crippen LogP contribution in [0.4, 0.5) is 0 Å². The minimum atomic E-state index is 0.671. The van der Waals surface area contributed by atoms with E-state index in [4.69, 9.17) is 11.6 Å². The zero-order chi connectivity index (χ0) is 12.1. The van der Waals surface area contributed by atoms with Gasteiger partial charge in [0.1, 0.15) is 0 Å². The molecule has 0 aliphatic carbocycles. The van der Waals surface area contributed by atoms with Crippen LogP contribution in [0.5, 0.6) is 0 Å². The fourth-order valence-electron chi connectivity index (χ4n) is 1.67. The lowest BCUT2D eigenvalue weighted by Crippen LogP contribution is -2.26. The first-order chi connectivity index (χ1) is 7.63. The molecule has 3 nitrogen and oxygen atoms in total. The number of rotatable bonds is 6. The van der Waals surface area contributed by atoms with Crippen LogP contribution < -0.4 is 0 Å². The zero-order valence-corrected chi connectivity index (χ0v) is 12.5. The molecule has 0 atom stereocenters. The van der Waals surface area contributed by atoms with Crippen molar-refractivity contribution in [2.45, 2.75) is 26.8 Å². The van der Waals surface area contributed by atoms with Gasteiger partial charge in [0, 0.05) is 26.0 Å². The van der Waals surface area contributed by atoms with Crippen LogP contribution in [0.2, 0.25) is 0 Å². The molecule has 16 heavy (non-hydrogen) atoms. The third kappa shape index (κ3) is 3.22. The predicted molar refractivity (Wildman–Crippen MR) is 72.0 cm³/mol. The molecular weight excluding hydrogens is 289 g/mol. The molecule has 1 heterocycles. The van der Waals surface area contributed by atoms with Gasteiger partial charge in [-0.15, -0.1) is 11.6 Å². The molecule has 5 heteroatoms. The van der Waals surface area contributed by atoms with Crippen LogP contribution in [0.3, 0.4) is 0 Å². The van der Waals surface area contributed by atoms with Crippen molar-refractivity contribution in [3.63, 3.8) is 0 Å². The standard InChI is InChI=1S/C11H19BrClN3/c1-4-9-11(12)10(15(3)14-9)8-16(5-2)7-6-13/h4-8H2,1-3H3.